The lowest BCUT2D eigenvalue weighted by atomic mass is 10.1. The van der Waals surface area contributed by atoms with Crippen molar-refractivity contribution in [2.75, 3.05) is 4.90 Å². The van der Waals surface area contributed by atoms with Gasteiger partial charge in [-0.2, -0.15) is 0 Å². The Balaban J connectivity index is 2.11. The average molecular weight is 324 g/mol. The fourth-order valence-corrected chi connectivity index (χ4v) is 2.47. The maximum absolute atomic E-state index is 12.8. The molecule has 2 heterocycles. The highest BCUT2D eigenvalue weighted by Crippen LogP contribution is 2.37. The number of benzene rings is 1. The van der Waals surface area contributed by atoms with Crippen molar-refractivity contribution in [2.24, 2.45) is 0 Å². The van der Waals surface area contributed by atoms with E-state index < -0.39 is 17.9 Å². The lowest BCUT2D eigenvalue weighted by Crippen LogP contribution is -2.47. The van der Waals surface area contributed by atoms with Gasteiger partial charge in [0, 0.05) is 12.3 Å². The van der Waals surface area contributed by atoms with E-state index in [1.165, 1.54) is 17.9 Å². The standard InChI is InChI=1S/C18H16N2O4/c1-11-6-7-15-14(9-11)20(12(2)18(22)23)17(21)16(24-15)10-13-5-3-4-8-19-13/h3-10,12H,1-2H3,(H,22,23)/b16-10+. The van der Waals surface area contributed by atoms with E-state index in [-0.39, 0.29) is 5.76 Å². The summed E-state index contributed by atoms with van der Waals surface area (Å²) in [5.74, 6) is -1.11. The van der Waals surface area contributed by atoms with Crippen LogP contribution >= 0.6 is 0 Å². The van der Waals surface area contributed by atoms with E-state index in [1.54, 1.807) is 36.5 Å². The lowest BCUT2D eigenvalue weighted by Gasteiger charge is -2.33. The first kappa shape index (κ1) is 15.7. The Morgan fingerprint density at radius 3 is 2.79 bits per heavy atom. The SMILES string of the molecule is Cc1ccc2c(c1)N(C(C)C(=O)O)C(=O)/C(=C\c1ccccn1)O2. The summed E-state index contributed by atoms with van der Waals surface area (Å²) >= 11 is 0. The lowest BCUT2D eigenvalue weighted by molar-refractivity contribution is -0.139. The Hall–Kier alpha value is -3.15. The van der Waals surface area contributed by atoms with Gasteiger partial charge in [0.15, 0.2) is 11.5 Å². The minimum absolute atomic E-state index is 0.0400. The second-order valence-electron chi connectivity index (χ2n) is 5.53. The summed E-state index contributed by atoms with van der Waals surface area (Å²) in [5, 5.41) is 9.36. The van der Waals surface area contributed by atoms with Gasteiger partial charge in [0.1, 0.15) is 6.04 Å². The predicted octanol–water partition coefficient (Wildman–Crippen LogP) is 2.63. The number of carbonyl (C=O) groups excluding carboxylic acids is 1. The first-order valence-corrected chi connectivity index (χ1v) is 7.45. The van der Waals surface area contributed by atoms with E-state index in [0.717, 1.165) is 5.56 Å². The number of amides is 1. The molecule has 1 aromatic heterocycles. The molecule has 6 nitrogen and oxygen atoms in total. The quantitative estimate of drug-likeness (QED) is 0.878. The summed E-state index contributed by atoms with van der Waals surface area (Å²) in [7, 11) is 0. The molecular weight excluding hydrogens is 308 g/mol. The fourth-order valence-electron chi connectivity index (χ4n) is 2.47. The van der Waals surface area contributed by atoms with E-state index in [1.807, 2.05) is 13.0 Å². The second-order valence-corrected chi connectivity index (χ2v) is 5.53. The molecule has 0 saturated carbocycles. The fraction of sp³-hybridized carbons (Fsp3) is 0.167. The van der Waals surface area contributed by atoms with E-state index in [0.29, 0.717) is 17.1 Å². The number of hydrogen-bond donors (Lipinski definition) is 1. The highest BCUT2D eigenvalue weighted by atomic mass is 16.5. The number of nitrogens with zero attached hydrogens (tertiary/aromatic N) is 2. The molecule has 0 bridgehead atoms. The molecule has 0 radical (unpaired) electrons. The number of aryl methyl sites for hydroxylation is 1. The molecule has 0 fully saturated rings. The summed E-state index contributed by atoms with van der Waals surface area (Å²) in [4.78, 5) is 29.6. The van der Waals surface area contributed by atoms with Crippen molar-refractivity contribution in [3.63, 3.8) is 0 Å². The molecule has 1 aliphatic heterocycles. The largest absolute Gasteiger partial charge is 0.480 e. The molecule has 122 valence electrons. The minimum Gasteiger partial charge on any atom is -0.480 e. The Morgan fingerprint density at radius 1 is 1.33 bits per heavy atom. The van der Waals surface area contributed by atoms with Crippen LogP contribution in [0, 0.1) is 6.92 Å². The molecule has 0 aliphatic carbocycles. The van der Waals surface area contributed by atoms with Crippen molar-refractivity contribution in [2.45, 2.75) is 19.9 Å². The molecule has 1 aliphatic rings. The highest BCUT2D eigenvalue weighted by molar-refractivity contribution is 6.12. The number of pyridine rings is 1. The van der Waals surface area contributed by atoms with Crippen LogP contribution in [0.3, 0.4) is 0 Å². The third kappa shape index (κ3) is 2.86. The number of ether oxygens (including phenoxy) is 1. The van der Waals surface area contributed by atoms with Crippen LogP contribution in [0.5, 0.6) is 5.75 Å². The Labute approximate surface area is 139 Å². The van der Waals surface area contributed by atoms with Gasteiger partial charge in [-0.15, -0.1) is 0 Å². The molecule has 0 spiro atoms. The van der Waals surface area contributed by atoms with E-state index in [4.69, 9.17) is 4.74 Å². The molecule has 6 heteroatoms. The van der Waals surface area contributed by atoms with Crippen LogP contribution in [0.2, 0.25) is 0 Å². The highest BCUT2D eigenvalue weighted by Gasteiger charge is 2.36. The average Bonchev–Trinajstić information content (AvgIpc) is 2.56. The Bertz CT molecular complexity index is 830. The zero-order chi connectivity index (χ0) is 17.3. The number of carbonyl (C=O) groups is 2. The Morgan fingerprint density at radius 2 is 2.12 bits per heavy atom. The van der Waals surface area contributed by atoms with Gasteiger partial charge in [0.05, 0.1) is 11.4 Å². The van der Waals surface area contributed by atoms with Crippen molar-refractivity contribution in [3.05, 3.63) is 59.6 Å². The summed E-state index contributed by atoms with van der Waals surface area (Å²) < 4.78 is 5.70. The molecule has 1 amide bonds. The van der Waals surface area contributed by atoms with Gasteiger partial charge in [0.2, 0.25) is 0 Å². The summed E-state index contributed by atoms with van der Waals surface area (Å²) in [6.45, 7) is 3.34. The number of anilines is 1. The van der Waals surface area contributed by atoms with Crippen LogP contribution in [0.15, 0.2) is 48.4 Å². The molecule has 24 heavy (non-hydrogen) atoms. The smallest absolute Gasteiger partial charge is 0.326 e. The maximum atomic E-state index is 12.8. The van der Waals surface area contributed by atoms with E-state index in [9.17, 15) is 14.7 Å². The number of hydrogen-bond acceptors (Lipinski definition) is 4. The third-order valence-electron chi connectivity index (χ3n) is 3.73. The monoisotopic (exact) mass is 324 g/mol. The number of aliphatic carboxylic acids is 1. The van der Waals surface area contributed by atoms with Gasteiger partial charge >= 0.3 is 5.97 Å². The molecule has 1 unspecified atom stereocenters. The number of carboxylic acid groups (broad SMARTS) is 1. The van der Waals surface area contributed by atoms with Crippen molar-refractivity contribution < 1.29 is 19.4 Å². The number of aromatic nitrogens is 1. The molecule has 1 aromatic carbocycles. The van der Waals surface area contributed by atoms with Crippen molar-refractivity contribution >= 4 is 23.6 Å². The first-order valence-electron chi connectivity index (χ1n) is 7.45. The van der Waals surface area contributed by atoms with Gasteiger partial charge in [-0.1, -0.05) is 12.1 Å². The van der Waals surface area contributed by atoms with Crippen LogP contribution in [0.25, 0.3) is 6.08 Å². The van der Waals surface area contributed by atoms with Crippen LogP contribution < -0.4 is 9.64 Å². The molecule has 2 aromatic rings. The van der Waals surface area contributed by atoms with Crippen molar-refractivity contribution in [3.8, 4) is 5.75 Å². The van der Waals surface area contributed by atoms with E-state index in [2.05, 4.69) is 4.98 Å². The molecule has 0 saturated heterocycles. The normalized spacial score (nSPS) is 16.5. The molecule has 1 atom stereocenters. The Kier molecular flexibility index (Phi) is 4.04. The molecule has 3 rings (SSSR count). The molecule has 1 N–H and O–H groups in total. The van der Waals surface area contributed by atoms with Crippen LogP contribution in [-0.4, -0.2) is 28.0 Å². The van der Waals surface area contributed by atoms with Gasteiger partial charge < -0.3 is 9.84 Å². The van der Waals surface area contributed by atoms with Crippen molar-refractivity contribution in [1.82, 2.24) is 4.98 Å². The third-order valence-corrected chi connectivity index (χ3v) is 3.73. The first-order chi connectivity index (χ1) is 11.5. The predicted molar refractivity (Wildman–Crippen MR) is 88.6 cm³/mol. The van der Waals surface area contributed by atoms with E-state index >= 15 is 0 Å². The van der Waals surface area contributed by atoms with Gasteiger partial charge in [-0.3, -0.25) is 14.7 Å². The van der Waals surface area contributed by atoms with Gasteiger partial charge in [0.25, 0.3) is 5.91 Å². The van der Waals surface area contributed by atoms with Gasteiger partial charge in [-0.25, -0.2) is 4.79 Å². The zero-order valence-electron chi connectivity index (χ0n) is 13.3. The number of fused-ring (bicyclic) bond motifs is 1. The topological polar surface area (TPSA) is 79.7 Å². The second kappa shape index (κ2) is 6.16. The minimum atomic E-state index is -1.09. The van der Waals surface area contributed by atoms with Crippen LogP contribution in [0.1, 0.15) is 18.2 Å². The number of carboxylic acids is 1. The maximum Gasteiger partial charge on any atom is 0.326 e. The van der Waals surface area contributed by atoms with Crippen LogP contribution in [-0.2, 0) is 9.59 Å². The summed E-state index contributed by atoms with van der Waals surface area (Å²) in [6, 6.07) is 9.59. The van der Waals surface area contributed by atoms with Crippen LogP contribution in [0.4, 0.5) is 5.69 Å². The molecular formula is C18H16N2O4. The number of rotatable bonds is 3. The summed E-state index contributed by atoms with van der Waals surface area (Å²) in [5.41, 5.74) is 1.91. The summed E-state index contributed by atoms with van der Waals surface area (Å²) in [6.07, 6.45) is 3.11. The zero-order valence-corrected chi connectivity index (χ0v) is 13.3. The van der Waals surface area contributed by atoms with Crippen molar-refractivity contribution in [1.29, 1.82) is 0 Å². The van der Waals surface area contributed by atoms with Gasteiger partial charge in [-0.05, 0) is 43.7 Å².